The van der Waals surface area contributed by atoms with E-state index in [1.54, 1.807) is 0 Å². The summed E-state index contributed by atoms with van der Waals surface area (Å²) < 4.78 is 11.8. The first-order chi connectivity index (χ1) is 13.8. The van der Waals surface area contributed by atoms with Crippen LogP contribution >= 0.6 is 24.0 Å². The summed E-state index contributed by atoms with van der Waals surface area (Å²) in [5.74, 6) is 1.05. The molecule has 1 N–H and O–H groups in total. The van der Waals surface area contributed by atoms with Crippen LogP contribution < -0.4 is 5.32 Å². The van der Waals surface area contributed by atoms with E-state index < -0.39 is 0 Å². The lowest BCUT2D eigenvalue weighted by molar-refractivity contribution is -0.0817. The van der Waals surface area contributed by atoms with Crippen LogP contribution in [0.15, 0.2) is 4.99 Å². The van der Waals surface area contributed by atoms with Gasteiger partial charge in [-0.05, 0) is 45.7 Å². The molecule has 3 aliphatic heterocycles. The molecule has 3 heterocycles. The molecule has 170 valence electrons. The van der Waals surface area contributed by atoms with Crippen molar-refractivity contribution in [3.8, 4) is 0 Å². The molecule has 2 unspecified atom stereocenters. The van der Waals surface area contributed by atoms with Crippen molar-refractivity contribution in [2.24, 2.45) is 4.99 Å². The number of hydrogen-bond donors (Lipinski definition) is 1. The number of halogens is 1. The van der Waals surface area contributed by atoms with Crippen LogP contribution in [0.3, 0.4) is 0 Å². The van der Waals surface area contributed by atoms with E-state index in [-0.39, 0.29) is 36.2 Å². The van der Waals surface area contributed by atoms with Gasteiger partial charge in [-0.15, -0.1) is 24.0 Å². The zero-order valence-corrected chi connectivity index (χ0v) is 20.8. The number of rotatable bonds is 8. The van der Waals surface area contributed by atoms with Crippen LogP contribution in [0.4, 0.5) is 0 Å². The number of hydrogen-bond acceptors (Lipinski definition) is 5. The summed E-state index contributed by atoms with van der Waals surface area (Å²) in [5, 5.41) is 3.48. The van der Waals surface area contributed by atoms with Gasteiger partial charge in [-0.1, -0.05) is 6.92 Å². The molecule has 0 radical (unpaired) electrons. The molecule has 3 fully saturated rings. The van der Waals surface area contributed by atoms with Crippen LogP contribution in [-0.2, 0) is 9.47 Å². The zero-order valence-electron chi connectivity index (χ0n) is 18.5. The molecule has 3 rings (SSSR count). The molecule has 2 atom stereocenters. The maximum atomic E-state index is 5.99. The highest BCUT2D eigenvalue weighted by atomic mass is 127. The first-order valence-electron chi connectivity index (χ1n) is 11.5. The van der Waals surface area contributed by atoms with Gasteiger partial charge in [0.1, 0.15) is 6.10 Å². The van der Waals surface area contributed by atoms with Gasteiger partial charge in [0, 0.05) is 59.0 Å². The number of unbranched alkanes of at least 4 members (excludes halogenated alkanes) is 1. The van der Waals surface area contributed by atoms with Crippen LogP contribution in [0.1, 0.15) is 39.5 Å². The average molecular weight is 524 g/mol. The van der Waals surface area contributed by atoms with Gasteiger partial charge in [0.2, 0.25) is 0 Å². The van der Waals surface area contributed by atoms with Crippen molar-refractivity contribution in [2.75, 3.05) is 78.7 Å². The number of nitrogens with zero attached hydrogens (tertiary/aromatic N) is 4. The normalized spacial score (nSPS) is 27.1. The van der Waals surface area contributed by atoms with Gasteiger partial charge in [0.15, 0.2) is 5.96 Å². The summed E-state index contributed by atoms with van der Waals surface area (Å²) in [6.45, 7) is 16.9. The van der Waals surface area contributed by atoms with E-state index in [1.165, 1.54) is 45.7 Å². The molecule has 29 heavy (non-hydrogen) atoms. The zero-order chi connectivity index (χ0) is 19.6. The highest BCUT2D eigenvalue weighted by Crippen LogP contribution is 2.21. The van der Waals surface area contributed by atoms with E-state index >= 15 is 0 Å². The molecule has 3 saturated heterocycles. The molecule has 0 spiro atoms. The van der Waals surface area contributed by atoms with Gasteiger partial charge in [0.05, 0.1) is 12.7 Å². The fourth-order valence-corrected chi connectivity index (χ4v) is 4.38. The Balaban J connectivity index is 0.00000300. The number of ether oxygens (including phenoxy) is 2. The molecular formula is C21H42IN5O2. The van der Waals surface area contributed by atoms with Gasteiger partial charge in [-0.2, -0.15) is 0 Å². The van der Waals surface area contributed by atoms with Crippen molar-refractivity contribution in [3.05, 3.63) is 0 Å². The number of likely N-dealkylation sites (N-methyl/N-ethyl adjacent to an activating group) is 1. The maximum Gasteiger partial charge on any atom is 0.194 e. The topological polar surface area (TPSA) is 52.6 Å². The molecule has 8 heteroatoms. The quantitative estimate of drug-likeness (QED) is 0.227. The summed E-state index contributed by atoms with van der Waals surface area (Å²) in [5.41, 5.74) is 0. The van der Waals surface area contributed by atoms with Gasteiger partial charge in [-0.3, -0.25) is 4.99 Å². The molecule has 7 nitrogen and oxygen atoms in total. The Hall–Kier alpha value is -0.160. The number of piperazine rings is 1. The second kappa shape index (κ2) is 14.0. The summed E-state index contributed by atoms with van der Waals surface area (Å²) in [6.07, 6.45) is 5.12. The third kappa shape index (κ3) is 8.12. The molecule has 3 aliphatic rings. The van der Waals surface area contributed by atoms with Gasteiger partial charge in [-0.25, -0.2) is 0 Å². The van der Waals surface area contributed by atoms with Crippen LogP contribution in [0.5, 0.6) is 0 Å². The Morgan fingerprint density at radius 2 is 1.72 bits per heavy atom. The third-order valence-corrected chi connectivity index (χ3v) is 6.16. The van der Waals surface area contributed by atoms with Gasteiger partial charge < -0.3 is 29.5 Å². The lowest BCUT2D eigenvalue weighted by atomic mass is 10.1. The Morgan fingerprint density at radius 1 is 0.966 bits per heavy atom. The second-order valence-electron chi connectivity index (χ2n) is 8.13. The minimum absolute atomic E-state index is 0. The Bertz CT molecular complexity index is 468. The van der Waals surface area contributed by atoms with Gasteiger partial charge in [0.25, 0.3) is 0 Å². The molecule has 0 aromatic rings. The van der Waals surface area contributed by atoms with Gasteiger partial charge >= 0.3 is 0 Å². The van der Waals surface area contributed by atoms with E-state index in [0.717, 1.165) is 64.6 Å². The maximum absolute atomic E-state index is 5.99. The van der Waals surface area contributed by atoms with E-state index in [0.29, 0.717) is 0 Å². The lowest BCUT2D eigenvalue weighted by Gasteiger charge is -2.37. The number of guanidine groups is 1. The first-order valence-corrected chi connectivity index (χ1v) is 11.5. The predicted molar refractivity (Wildman–Crippen MR) is 129 cm³/mol. The smallest absolute Gasteiger partial charge is 0.194 e. The van der Waals surface area contributed by atoms with Crippen molar-refractivity contribution in [2.45, 2.75) is 51.7 Å². The average Bonchev–Trinajstić information content (AvgIpc) is 3.28. The predicted octanol–water partition coefficient (Wildman–Crippen LogP) is 1.87. The van der Waals surface area contributed by atoms with Crippen LogP contribution in [-0.4, -0.2) is 112 Å². The molecule has 0 aromatic heterocycles. The third-order valence-electron chi connectivity index (χ3n) is 6.16. The summed E-state index contributed by atoms with van der Waals surface area (Å²) in [4.78, 5) is 12.4. The van der Waals surface area contributed by atoms with Crippen molar-refractivity contribution in [1.82, 2.24) is 20.0 Å². The molecule has 0 amide bonds. The number of nitrogens with one attached hydrogen (secondary N) is 1. The van der Waals surface area contributed by atoms with Crippen molar-refractivity contribution < 1.29 is 9.47 Å². The van der Waals surface area contributed by atoms with E-state index in [4.69, 9.17) is 14.5 Å². The van der Waals surface area contributed by atoms with E-state index in [2.05, 4.69) is 33.9 Å². The minimum Gasteiger partial charge on any atom is -0.375 e. The monoisotopic (exact) mass is 523 g/mol. The van der Waals surface area contributed by atoms with Crippen LogP contribution in [0.25, 0.3) is 0 Å². The summed E-state index contributed by atoms with van der Waals surface area (Å²) in [7, 11) is 0. The van der Waals surface area contributed by atoms with Crippen molar-refractivity contribution in [3.63, 3.8) is 0 Å². The summed E-state index contributed by atoms with van der Waals surface area (Å²) >= 11 is 0. The lowest BCUT2D eigenvalue weighted by Crippen LogP contribution is -2.53. The van der Waals surface area contributed by atoms with E-state index in [1.807, 2.05) is 0 Å². The highest BCUT2D eigenvalue weighted by Gasteiger charge is 2.32. The molecule has 0 aliphatic carbocycles. The SMILES string of the molecule is CCNC(=NCCCCN1CCN(CC)CC1)N1CCOC(C2CCCO2)C1.I. The largest absolute Gasteiger partial charge is 0.375 e. The number of morpholine rings is 1. The summed E-state index contributed by atoms with van der Waals surface area (Å²) in [6, 6.07) is 0. The minimum atomic E-state index is 0. The second-order valence-corrected chi connectivity index (χ2v) is 8.13. The highest BCUT2D eigenvalue weighted by molar-refractivity contribution is 14.0. The fraction of sp³-hybridized carbons (Fsp3) is 0.952. The molecule has 0 saturated carbocycles. The van der Waals surface area contributed by atoms with Crippen LogP contribution in [0, 0.1) is 0 Å². The van der Waals surface area contributed by atoms with Crippen LogP contribution in [0.2, 0.25) is 0 Å². The van der Waals surface area contributed by atoms with Crippen molar-refractivity contribution >= 4 is 29.9 Å². The van der Waals surface area contributed by atoms with Crippen molar-refractivity contribution in [1.29, 1.82) is 0 Å². The first kappa shape index (κ1) is 25.1. The fourth-order valence-electron chi connectivity index (χ4n) is 4.38. The number of aliphatic imine (C=N–C) groups is 1. The Kier molecular flexibility index (Phi) is 12.1. The Morgan fingerprint density at radius 3 is 2.41 bits per heavy atom. The molecule has 0 bridgehead atoms. The molecule has 0 aromatic carbocycles. The standard InChI is InChI=1S/C21H41N5O2.HI/c1-3-22-21(26-15-17-28-20(18-26)19-8-7-16-27-19)23-9-5-6-10-25-13-11-24(4-2)12-14-25;/h19-20H,3-18H2,1-2H3,(H,22,23);1H. The Labute approximate surface area is 194 Å². The van der Waals surface area contributed by atoms with E-state index in [9.17, 15) is 0 Å². The molecular weight excluding hydrogens is 481 g/mol.